The van der Waals surface area contributed by atoms with Crippen LogP contribution in [0.4, 0.5) is 5.69 Å². The Morgan fingerprint density at radius 2 is 2.20 bits per heavy atom. The summed E-state index contributed by atoms with van der Waals surface area (Å²) in [7, 11) is 0. The van der Waals surface area contributed by atoms with Crippen LogP contribution in [-0.4, -0.2) is 0 Å². The molecule has 1 aromatic rings. The fourth-order valence-electron chi connectivity index (χ4n) is 0.762. The zero-order valence-corrected chi connectivity index (χ0v) is 7.59. The zero-order chi connectivity index (χ0) is 7.72. The van der Waals surface area contributed by atoms with Crippen molar-refractivity contribution in [2.24, 2.45) is 0 Å². The highest BCUT2D eigenvalue weighted by Crippen LogP contribution is 2.34. The molecule has 0 saturated heterocycles. The summed E-state index contributed by atoms with van der Waals surface area (Å²) >= 11 is 7.52. The standard InChI is InChI=1S/C7H10ClNS/c1-4(2)7-6(8)5(9)3-10-7/h3-4H,9H2,1-2H3. The van der Waals surface area contributed by atoms with Crippen LogP contribution in [0, 0.1) is 0 Å². The van der Waals surface area contributed by atoms with Crippen molar-refractivity contribution in [2.45, 2.75) is 19.8 Å². The van der Waals surface area contributed by atoms with Crippen LogP contribution in [0.1, 0.15) is 24.6 Å². The Kier molecular flexibility index (Phi) is 2.21. The topological polar surface area (TPSA) is 26.0 Å². The summed E-state index contributed by atoms with van der Waals surface area (Å²) < 4.78 is 0. The van der Waals surface area contributed by atoms with E-state index >= 15 is 0 Å². The van der Waals surface area contributed by atoms with Gasteiger partial charge in [-0.2, -0.15) is 0 Å². The number of halogens is 1. The summed E-state index contributed by atoms with van der Waals surface area (Å²) in [6.07, 6.45) is 0. The molecule has 0 radical (unpaired) electrons. The van der Waals surface area contributed by atoms with Crippen LogP contribution in [0.3, 0.4) is 0 Å². The van der Waals surface area contributed by atoms with E-state index in [1.54, 1.807) is 11.3 Å². The summed E-state index contributed by atoms with van der Waals surface area (Å²) in [5.41, 5.74) is 6.26. The molecule has 0 fully saturated rings. The van der Waals surface area contributed by atoms with Crippen molar-refractivity contribution in [1.29, 1.82) is 0 Å². The van der Waals surface area contributed by atoms with E-state index in [0.717, 1.165) is 5.02 Å². The third-order valence-corrected chi connectivity index (χ3v) is 3.14. The molecule has 0 aromatic carbocycles. The van der Waals surface area contributed by atoms with Crippen molar-refractivity contribution < 1.29 is 0 Å². The van der Waals surface area contributed by atoms with Gasteiger partial charge in [0.15, 0.2) is 0 Å². The first-order valence-electron chi connectivity index (χ1n) is 3.15. The van der Waals surface area contributed by atoms with E-state index in [0.29, 0.717) is 11.6 Å². The second kappa shape index (κ2) is 2.81. The minimum absolute atomic E-state index is 0.481. The molecule has 56 valence electrons. The Morgan fingerprint density at radius 3 is 2.40 bits per heavy atom. The van der Waals surface area contributed by atoms with Crippen LogP contribution in [-0.2, 0) is 0 Å². The number of rotatable bonds is 1. The third-order valence-electron chi connectivity index (χ3n) is 1.31. The maximum atomic E-state index is 5.89. The Balaban J connectivity index is 3.05. The molecule has 2 N–H and O–H groups in total. The van der Waals surface area contributed by atoms with E-state index < -0.39 is 0 Å². The highest BCUT2D eigenvalue weighted by molar-refractivity contribution is 7.11. The second-order valence-corrected chi connectivity index (χ2v) is 3.81. The Bertz CT molecular complexity index is 230. The van der Waals surface area contributed by atoms with Crippen molar-refractivity contribution in [3.8, 4) is 0 Å². The Morgan fingerprint density at radius 1 is 1.60 bits per heavy atom. The first-order valence-corrected chi connectivity index (χ1v) is 4.41. The molecule has 0 amide bonds. The van der Waals surface area contributed by atoms with Gasteiger partial charge in [0.2, 0.25) is 0 Å². The Labute approximate surface area is 69.8 Å². The van der Waals surface area contributed by atoms with Gasteiger partial charge in [-0.05, 0) is 5.92 Å². The molecular weight excluding hydrogens is 166 g/mol. The summed E-state index contributed by atoms with van der Waals surface area (Å²) in [4.78, 5) is 1.18. The lowest BCUT2D eigenvalue weighted by molar-refractivity contribution is 0.890. The summed E-state index contributed by atoms with van der Waals surface area (Å²) in [6.45, 7) is 4.22. The molecule has 0 aliphatic heterocycles. The number of thiophene rings is 1. The van der Waals surface area contributed by atoms with Crippen molar-refractivity contribution in [1.82, 2.24) is 0 Å². The van der Waals surface area contributed by atoms with E-state index in [1.807, 2.05) is 5.38 Å². The van der Waals surface area contributed by atoms with Crippen LogP contribution in [0.2, 0.25) is 5.02 Å². The SMILES string of the molecule is CC(C)c1scc(N)c1Cl. The molecule has 0 unspecified atom stereocenters. The lowest BCUT2D eigenvalue weighted by Gasteiger charge is -1.99. The molecule has 3 heteroatoms. The number of nitrogens with two attached hydrogens (primary N) is 1. The van der Waals surface area contributed by atoms with E-state index in [4.69, 9.17) is 17.3 Å². The average Bonchev–Trinajstić information content (AvgIpc) is 2.14. The molecule has 0 aliphatic carbocycles. The van der Waals surface area contributed by atoms with Crippen LogP contribution in [0.5, 0.6) is 0 Å². The summed E-state index contributed by atoms with van der Waals surface area (Å²) in [6, 6.07) is 0. The highest BCUT2D eigenvalue weighted by atomic mass is 35.5. The van der Waals surface area contributed by atoms with Crippen molar-refractivity contribution in [3.05, 3.63) is 15.3 Å². The summed E-state index contributed by atoms with van der Waals surface area (Å²) in [5, 5.41) is 2.62. The van der Waals surface area contributed by atoms with Gasteiger partial charge >= 0.3 is 0 Å². The predicted octanol–water partition coefficient (Wildman–Crippen LogP) is 3.11. The number of hydrogen-bond acceptors (Lipinski definition) is 2. The van der Waals surface area contributed by atoms with Crippen molar-refractivity contribution >= 4 is 28.6 Å². The first kappa shape index (κ1) is 7.89. The van der Waals surface area contributed by atoms with E-state index in [-0.39, 0.29) is 0 Å². The second-order valence-electron chi connectivity index (χ2n) is 2.52. The number of anilines is 1. The lowest BCUT2D eigenvalue weighted by Crippen LogP contribution is -1.84. The van der Waals surface area contributed by atoms with Crippen LogP contribution in [0.15, 0.2) is 5.38 Å². The molecule has 1 aromatic heterocycles. The van der Waals surface area contributed by atoms with Gasteiger partial charge in [0, 0.05) is 10.3 Å². The van der Waals surface area contributed by atoms with Gasteiger partial charge in [-0.3, -0.25) is 0 Å². The summed E-state index contributed by atoms with van der Waals surface area (Å²) in [5.74, 6) is 0.481. The number of nitrogen functional groups attached to an aromatic ring is 1. The zero-order valence-electron chi connectivity index (χ0n) is 6.02. The van der Waals surface area contributed by atoms with Gasteiger partial charge in [-0.25, -0.2) is 0 Å². The number of hydrogen-bond donors (Lipinski definition) is 1. The molecule has 10 heavy (non-hydrogen) atoms. The molecule has 0 saturated carbocycles. The largest absolute Gasteiger partial charge is 0.397 e. The fraction of sp³-hybridized carbons (Fsp3) is 0.429. The van der Waals surface area contributed by atoms with Crippen LogP contribution in [0.25, 0.3) is 0 Å². The monoisotopic (exact) mass is 175 g/mol. The molecule has 1 rings (SSSR count). The van der Waals surface area contributed by atoms with Gasteiger partial charge in [-0.15, -0.1) is 11.3 Å². The van der Waals surface area contributed by atoms with Gasteiger partial charge in [0.1, 0.15) is 0 Å². The third kappa shape index (κ3) is 1.27. The van der Waals surface area contributed by atoms with Crippen molar-refractivity contribution in [3.63, 3.8) is 0 Å². The minimum atomic E-state index is 0.481. The van der Waals surface area contributed by atoms with Gasteiger partial charge in [-0.1, -0.05) is 25.4 Å². The van der Waals surface area contributed by atoms with Crippen molar-refractivity contribution in [2.75, 3.05) is 5.73 Å². The van der Waals surface area contributed by atoms with Gasteiger partial charge < -0.3 is 5.73 Å². The van der Waals surface area contributed by atoms with Crippen LogP contribution < -0.4 is 5.73 Å². The predicted molar refractivity (Wildman–Crippen MR) is 47.8 cm³/mol. The van der Waals surface area contributed by atoms with Crippen LogP contribution >= 0.6 is 22.9 Å². The van der Waals surface area contributed by atoms with Gasteiger partial charge in [0.25, 0.3) is 0 Å². The molecule has 0 atom stereocenters. The molecule has 0 bridgehead atoms. The van der Waals surface area contributed by atoms with E-state index in [1.165, 1.54) is 4.88 Å². The van der Waals surface area contributed by atoms with E-state index in [9.17, 15) is 0 Å². The average molecular weight is 176 g/mol. The molecule has 1 heterocycles. The van der Waals surface area contributed by atoms with E-state index in [2.05, 4.69) is 13.8 Å². The first-order chi connectivity index (χ1) is 4.63. The Hall–Kier alpha value is -0.210. The highest BCUT2D eigenvalue weighted by Gasteiger charge is 2.09. The molecule has 0 aliphatic rings. The quantitative estimate of drug-likeness (QED) is 0.698. The molecule has 0 spiro atoms. The molecular formula is C7H10ClNS. The fourth-order valence-corrected chi connectivity index (χ4v) is 2.10. The van der Waals surface area contributed by atoms with Gasteiger partial charge in [0.05, 0.1) is 10.7 Å². The molecule has 1 nitrogen and oxygen atoms in total. The lowest BCUT2D eigenvalue weighted by atomic mass is 10.2. The minimum Gasteiger partial charge on any atom is -0.397 e. The normalized spacial score (nSPS) is 10.8. The maximum Gasteiger partial charge on any atom is 0.0777 e. The maximum absolute atomic E-state index is 5.89. The smallest absolute Gasteiger partial charge is 0.0777 e.